The van der Waals surface area contributed by atoms with Crippen molar-refractivity contribution in [3.05, 3.63) is 96.5 Å². The summed E-state index contributed by atoms with van der Waals surface area (Å²) in [4.78, 5) is 18.9. The number of anilines is 2. The first-order valence-electron chi connectivity index (χ1n) is 10.3. The Kier molecular flexibility index (Phi) is 6.12. The second kappa shape index (κ2) is 9.31. The lowest BCUT2D eigenvalue weighted by Gasteiger charge is -2.15. The molecule has 0 radical (unpaired) electrons. The summed E-state index contributed by atoms with van der Waals surface area (Å²) in [6.07, 6.45) is 8.73. The molecule has 2 aromatic carbocycles. The summed E-state index contributed by atoms with van der Waals surface area (Å²) in [5.41, 5.74) is 6.30. The van der Waals surface area contributed by atoms with Gasteiger partial charge in [-0.05, 0) is 61.0 Å². The molecule has 32 heavy (non-hydrogen) atoms. The lowest BCUT2D eigenvalue weighted by atomic mass is 10.1. The van der Waals surface area contributed by atoms with Crippen molar-refractivity contribution in [1.82, 2.24) is 14.8 Å². The van der Waals surface area contributed by atoms with E-state index in [1.807, 2.05) is 97.5 Å². The number of nitrogens with one attached hydrogen (secondary N) is 1. The first-order valence-corrected chi connectivity index (χ1v) is 10.3. The Bertz CT molecular complexity index is 1240. The van der Waals surface area contributed by atoms with Crippen LogP contribution in [0.3, 0.4) is 0 Å². The Morgan fingerprint density at radius 2 is 1.88 bits per heavy atom. The monoisotopic (exact) mass is 423 g/mol. The normalized spacial score (nSPS) is 11.0. The first-order chi connectivity index (χ1) is 15.5. The van der Waals surface area contributed by atoms with Crippen LogP contribution in [0.1, 0.15) is 11.1 Å². The average molecular weight is 424 g/mol. The minimum atomic E-state index is -0.199. The van der Waals surface area contributed by atoms with Gasteiger partial charge in [-0.25, -0.2) is 4.68 Å². The molecule has 0 fully saturated rings. The zero-order valence-corrected chi connectivity index (χ0v) is 18.4. The van der Waals surface area contributed by atoms with Crippen LogP contribution in [0.5, 0.6) is 0 Å². The zero-order valence-electron chi connectivity index (χ0n) is 18.4. The molecule has 0 saturated carbocycles. The standard InChI is InChI=1S/C26H25N5O/c1-19-16-23(30(2)3)12-13-24(19)28-25(32)14-11-21-18-31(22-9-5-4-6-10-22)29-26(21)20-8-7-15-27-17-20/h4-18H,1-3H3,(H,28,32)/b14-11+. The summed E-state index contributed by atoms with van der Waals surface area (Å²) in [6, 6.07) is 19.6. The molecule has 0 aliphatic carbocycles. The van der Waals surface area contributed by atoms with Gasteiger partial charge in [-0.2, -0.15) is 5.10 Å². The Labute approximate surface area is 187 Å². The van der Waals surface area contributed by atoms with Crippen molar-refractivity contribution in [3.63, 3.8) is 0 Å². The van der Waals surface area contributed by atoms with E-state index in [-0.39, 0.29) is 5.91 Å². The zero-order chi connectivity index (χ0) is 22.5. The van der Waals surface area contributed by atoms with E-state index < -0.39 is 0 Å². The van der Waals surface area contributed by atoms with Gasteiger partial charge in [-0.3, -0.25) is 9.78 Å². The highest BCUT2D eigenvalue weighted by Crippen LogP contribution is 2.25. The van der Waals surface area contributed by atoms with Crippen LogP contribution < -0.4 is 10.2 Å². The van der Waals surface area contributed by atoms with E-state index in [0.717, 1.165) is 39.4 Å². The SMILES string of the molecule is Cc1cc(N(C)C)ccc1NC(=O)/C=C/c1cn(-c2ccccc2)nc1-c1cccnc1. The number of pyridine rings is 1. The maximum Gasteiger partial charge on any atom is 0.248 e. The molecule has 2 aromatic heterocycles. The lowest BCUT2D eigenvalue weighted by Crippen LogP contribution is -2.11. The molecule has 0 bridgehead atoms. The fraction of sp³-hybridized carbons (Fsp3) is 0.115. The molecule has 0 saturated heterocycles. The van der Waals surface area contributed by atoms with Gasteiger partial charge < -0.3 is 10.2 Å². The molecule has 0 aliphatic rings. The van der Waals surface area contributed by atoms with Crippen LogP contribution in [0.4, 0.5) is 11.4 Å². The summed E-state index contributed by atoms with van der Waals surface area (Å²) in [6.45, 7) is 1.98. The van der Waals surface area contributed by atoms with Crippen LogP contribution in [0, 0.1) is 6.92 Å². The van der Waals surface area contributed by atoms with Crippen LogP contribution >= 0.6 is 0 Å². The van der Waals surface area contributed by atoms with E-state index in [1.165, 1.54) is 6.08 Å². The van der Waals surface area contributed by atoms with Crippen molar-refractivity contribution >= 4 is 23.4 Å². The van der Waals surface area contributed by atoms with Gasteiger partial charge in [0.1, 0.15) is 5.69 Å². The van der Waals surface area contributed by atoms with Gasteiger partial charge in [0.05, 0.1) is 5.69 Å². The summed E-state index contributed by atoms with van der Waals surface area (Å²) in [5, 5.41) is 7.70. The summed E-state index contributed by atoms with van der Waals surface area (Å²) in [5.74, 6) is -0.199. The molecule has 0 aliphatic heterocycles. The first kappa shape index (κ1) is 21.1. The summed E-state index contributed by atoms with van der Waals surface area (Å²) in [7, 11) is 3.98. The smallest absolute Gasteiger partial charge is 0.248 e. The fourth-order valence-electron chi connectivity index (χ4n) is 3.36. The number of aromatic nitrogens is 3. The number of para-hydroxylation sites is 1. The van der Waals surface area contributed by atoms with Gasteiger partial charge in [-0.15, -0.1) is 0 Å². The quantitative estimate of drug-likeness (QED) is 0.445. The van der Waals surface area contributed by atoms with Crippen molar-refractivity contribution in [2.24, 2.45) is 0 Å². The predicted octanol–water partition coefficient (Wildman–Crippen LogP) is 4.96. The van der Waals surface area contributed by atoms with E-state index in [4.69, 9.17) is 5.10 Å². The number of rotatable bonds is 6. The van der Waals surface area contributed by atoms with E-state index in [1.54, 1.807) is 18.5 Å². The molecule has 1 N–H and O–H groups in total. The average Bonchev–Trinajstić information content (AvgIpc) is 3.24. The highest BCUT2D eigenvalue weighted by atomic mass is 16.1. The Morgan fingerprint density at radius 3 is 2.56 bits per heavy atom. The minimum absolute atomic E-state index is 0.199. The minimum Gasteiger partial charge on any atom is -0.378 e. The molecule has 6 heteroatoms. The van der Waals surface area contributed by atoms with Gasteiger partial charge >= 0.3 is 0 Å². The molecular weight excluding hydrogens is 398 g/mol. The van der Waals surface area contributed by atoms with Crippen molar-refractivity contribution in [2.45, 2.75) is 6.92 Å². The largest absolute Gasteiger partial charge is 0.378 e. The van der Waals surface area contributed by atoms with Crippen molar-refractivity contribution in [2.75, 3.05) is 24.3 Å². The Hall–Kier alpha value is -4.19. The van der Waals surface area contributed by atoms with E-state index in [9.17, 15) is 4.79 Å². The van der Waals surface area contributed by atoms with Crippen LogP contribution in [-0.4, -0.2) is 34.8 Å². The Morgan fingerprint density at radius 1 is 1.06 bits per heavy atom. The van der Waals surface area contributed by atoms with Crippen LogP contribution in [-0.2, 0) is 4.79 Å². The van der Waals surface area contributed by atoms with E-state index >= 15 is 0 Å². The second-order valence-corrected chi connectivity index (χ2v) is 7.67. The van der Waals surface area contributed by atoms with Gasteiger partial charge in [-0.1, -0.05) is 18.2 Å². The van der Waals surface area contributed by atoms with Crippen LogP contribution in [0.2, 0.25) is 0 Å². The van der Waals surface area contributed by atoms with Crippen LogP contribution in [0.25, 0.3) is 23.0 Å². The van der Waals surface area contributed by atoms with Crippen molar-refractivity contribution in [3.8, 4) is 16.9 Å². The maximum absolute atomic E-state index is 12.6. The van der Waals surface area contributed by atoms with E-state index in [2.05, 4.69) is 10.3 Å². The molecular formula is C26H25N5O. The van der Waals surface area contributed by atoms with Gasteiger partial charge in [0.15, 0.2) is 0 Å². The van der Waals surface area contributed by atoms with E-state index in [0.29, 0.717) is 0 Å². The number of nitrogens with zero attached hydrogens (tertiary/aromatic N) is 4. The van der Waals surface area contributed by atoms with Gasteiger partial charge in [0.25, 0.3) is 0 Å². The molecule has 0 unspecified atom stereocenters. The number of hydrogen-bond donors (Lipinski definition) is 1. The third-order valence-electron chi connectivity index (χ3n) is 5.10. The number of hydrogen-bond acceptors (Lipinski definition) is 4. The molecule has 2 heterocycles. The summed E-state index contributed by atoms with van der Waals surface area (Å²) >= 11 is 0. The number of carbonyl (C=O) groups is 1. The molecule has 4 aromatic rings. The maximum atomic E-state index is 12.6. The van der Waals surface area contributed by atoms with Crippen LogP contribution in [0.15, 0.2) is 85.3 Å². The number of aryl methyl sites for hydroxylation is 1. The molecule has 0 spiro atoms. The summed E-state index contributed by atoms with van der Waals surface area (Å²) < 4.78 is 1.81. The molecule has 160 valence electrons. The molecule has 4 rings (SSSR count). The third-order valence-corrected chi connectivity index (χ3v) is 5.10. The van der Waals surface area contributed by atoms with Gasteiger partial charge in [0.2, 0.25) is 5.91 Å². The predicted molar refractivity (Wildman–Crippen MR) is 130 cm³/mol. The molecule has 6 nitrogen and oxygen atoms in total. The highest BCUT2D eigenvalue weighted by molar-refractivity contribution is 6.02. The number of carbonyl (C=O) groups excluding carboxylic acids is 1. The molecule has 0 atom stereocenters. The lowest BCUT2D eigenvalue weighted by molar-refractivity contribution is -0.111. The fourth-order valence-corrected chi connectivity index (χ4v) is 3.36. The highest BCUT2D eigenvalue weighted by Gasteiger charge is 2.11. The second-order valence-electron chi connectivity index (χ2n) is 7.67. The van der Waals surface area contributed by atoms with Crippen molar-refractivity contribution < 1.29 is 4.79 Å². The van der Waals surface area contributed by atoms with Gasteiger partial charge in [0, 0.05) is 61.3 Å². The number of amides is 1. The number of benzene rings is 2. The van der Waals surface area contributed by atoms with Crippen molar-refractivity contribution in [1.29, 1.82) is 0 Å². The topological polar surface area (TPSA) is 63.1 Å². The Balaban J connectivity index is 1.60. The molecule has 1 amide bonds. The third kappa shape index (κ3) is 4.75.